The van der Waals surface area contributed by atoms with Gasteiger partial charge in [0.05, 0.1) is 22.1 Å². The third-order valence-corrected chi connectivity index (χ3v) is 9.33. The molecule has 220 valence electrons. The van der Waals surface area contributed by atoms with Gasteiger partial charge in [-0.3, -0.25) is 8.97 Å². The Morgan fingerprint density at radius 3 is 1.66 bits per heavy atom. The van der Waals surface area contributed by atoms with Gasteiger partial charge in [-0.15, -0.1) is 0 Å². The van der Waals surface area contributed by atoms with Crippen LogP contribution in [0.5, 0.6) is 0 Å². The molecule has 47 heavy (non-hydrogen) atoms. The van der Waals surface area contributed by atoms with Crippen molar-refractivity contribution < 1.29 is 0 Å². The maximum absolute atomic E-state index is 5.02. The van der Waals surface area contributed by atoms with Crippen LogP contribution in [0.1, 0.15) is 0 Å². The summed E-state index contributed by atoms with van der Waals surface area (Å²) in [6.07, 6.45) is 3.85. The van der Waals surface area contributed by atoms with Crippen molar-refractivity contribution in [3.8, 4) is 33.9 Å². The summed E-state index contributed by atoms with van der Waals surface area (Å²) in [4.78, 5) is 9.64. The van der Waals surface area contributed by atoms with Crippen LogP contribution >= 0.6 is 0 Å². The minimum Gasteiger partial charge on any atom is -0.309 e. The van der Waals surface area contributed by atoms with E-state index < -0.39 is 0 Å². The van der Waals surface area contributed by atoms with E-state index in [0.29, 0.717) is 5.78 Å². The monoisotopic (exact) mass is 601 g/mol. The van der Waals surface area contributed by atoms with Crippen LogP contribution in [0.15, 0.2) is 164 Å². The fourth-order valence-electron chi connectivity index (χ4n) is 7.27. The van der Waals surface area contributed by atoms with E-state index in [1.165, 1.54) is 43.7 Å². The van der Waals surface area contributed by atoms with Crippen molar-refractivity contribution >= 4 is 49.4 Å². The first-order chi connectivity index (χ1) is 23.3. The summed E-state index contributed by atoms with van der Waals surface area (Å²) in [6, 6.07) is 54.0. The maximum atomic E-state index is 5.02. The number of rotatable bonds is 4. The van der Waals surface area contributed by atoms with E-state index in [0.717, 1.165) is 33.8 Å². The van der Waals surface area contributed by atoms with Crippen LogP contribution in [-0.4, -0.2) is 23.5 Å². The van der Waals surface area contributed by atoms with Gasteiger partial charge in [-0.25, -0.2) is 9.97 Å². The van der Waals surface area contributed by atoms with Gasteiger partial charge in [0.2, 0.25) is 5.78 Å². The summed E-state index contributed by atoms with van der Waals surface area (Å²) in [5.41, 5.74) is 10.2. The largest absolute Gasteiger partial charge is 0.309 e. The van der Waals surface area contributed by atoms with Crippen LogP contribution in [-0.2, 0) is 0 Å². The molecule has 0 radical (unpaired) electrons. The molecule has 6 aromatic carbocycles. The number of hydrogen-bond acceptors (Lipinski definition) is 2. The van der Waals surface area contributed by atoms with Gasteiger partial charge in [0.25, 0.3) is 0 Å². The second-order valence-electron chi connectivity index (χ2n) is 11.9. The highest BCUT2D eigenvalue weighted by molar-refractivity contribution is 6.13. The van der Waals surface area contributed by atoms with Crippen molar-refractivity contribution in [2.45, 2.75) is 0 Å². The molecule has 0 unspecified atom stereocenters. The molecule has 5 heteroatoms. The highest BCUT2D eigenvalue weighted by Gasteiger charge is 2.22. The maximum Gasteiger partial charge on any atom is 0.235 e. The Kier molecular flexibility index (Phi) is 5.51. The van der Waals surface area contributed by atoms with Gasteiger partial charge in [-0.1, -0.05) is 97.1 Å². The van der Waals surface area contributed by atoms with Gasteiger partial charge in [0.1, 0.15) is 5.69 Å². The van der Waals surface area contributed by atoms with Gasteiger partial charge in [0.15, 0.2) is 5.82 Å². The molecule has 0 bridgehead atoms. The second-order valence-corrected chi connectivity index (χ2v) is 11.9. The highest BCUT2D eigenvalue weighted by atomic mass is 15.2. The lowest BCUT2D eigenvalue weighted by Gasteiger charge is -2.11. The van der Waals surface area contributed by atoms with Gasteiger partial charge in [-0.2, -0.15) is 0 Å². The first kappa shape index (κ1) is 25.8. The van der Waals surface area contributed by atoms with E-state index in [1.807, 2.05) is 18.3 Å². The molecule has 0 saturated heterocycles. The Labute approximate surface area is 270 Å². The molecule has 0 aliphatic carbocycles. The zero-order valence-corrected chi connectivity index (χ0v) is 25.3. The molecule has 4 aromatic heterocycles. The van der Waals surface area contributed by atoms with Crippen molar-refractivity contribution in [2.75, 3.05) is 0 Å². The second kappa shape index (κ2) is 10.0. The van der Waals surface area contributed by atoms with Gasteiger partial charge in [-0.05, 0) is 65.7 Å². The summed E-state index contributed by atoms with van der Waals surface area (Å²) in [7, 11) is 0. The first-order valence-electron chi connectivity index (χ1n) is 15.8. The van der Waals surface area contributed by atoms with Gasteiger partial charge in [0, 0.05) is 45.2 Å². The highest BCUT2D eigenvalue weighted by Crippen LogP contribution is 2.39. The van der Waals surface area contributed by atoms with Crippen molar-refractivity contribution in [1.29, 1.82) is 0 Å². The summed E-state index contributed by atoms with van der Waals surface area (Å²) < 4.78 is 6.80. The molecule has 0 aliphatic rings. The van der Waals surface area contributed by atoms with Crippen LogP contribution in [0.2, 0.25) is 0 Å². The summed E-state index contributed by atoms with van der Waals surface area (Å²) >= 11 is 0. The van der Waals surface area contributed by atoms with Gasteiger partial charge >= 0.3 is 0 Å². The third-order valence-electron chi connectivity index (χ3n) is 9.33. The number of hydrogen-bond donors (Lipinski definition) is 0. The molecular weight excluding hydrogens is 574 g/mol. The molecular formula is C42H27N5. The average molecular weight is 602 g/mol. The van der Waals surface area contributed by atoms with Crippen LogP contribution in [0.4, 0.5) is 0 Å². The fourth-order valence-corrected chi connectivity index (χ4v) is 7.27. The zero-order chi connectivity index (χ0) is 30.9. The molecule has 0 spiro atoms. The minimum absolute atomic E-state index is 0.673. The number of para-hydroxylation sites is 3. The molecule has 0 aliphatic heterocycles. The molecule has 0 amide bonds. The van der Waals surface area contributed by atoms with Crippen molar-refractivity contribution in [3.05, 3.63) is 164 Å². The molecule has 5 nitrogen and oxygen atoms in total. The number of nitrogens with zero attached hydrogens (tertiary/aromatic N) is 5. The fraction of sp³-hybridized carbons (Fsp3) is 0. The van der Waals surface area contributed by atoms with E-state index in [-0.39, 0.29) is 0 Å². The zero-order valence-electron chi connectivity index (χ0n) is 25.3. The Bertz CT molecular complexity index is 2780. The summed E-state index contributed by atoms with van der Waals surface area (Å²) in [5.74, 6) is 1.65. The van der Waals surface area contributed by atoms with E-state index >= 15 is 0 Å². The molecule has 10 aromatic rings. The normalized spacial score (nSPS) is 11.8. The number of imidazole rings is 1. The van der Waals surface area contributed by atoms with Gasteiger partial charge < -0.3 is 4.57 Å². The van der Waals surface area contributed by atoms with Crippen LogP contribution in [0, 0.1) is 0 Å². The van der Waals surface area contributed by atoms with E-state index in [2.05, 4.69) is 158 Å². The topological polar surface area (TPSA) is 40.1 Å². The Hall–Kier alpha value is -6.46. The quantitative estimate of drug-likeness (QED) is 0.201. The van der Waals surface area contributed by atoms with Crippen molar-refractivity contribution in [2.24, 2.45) is 0 Å². The van der Waals surface area contributed by atoms with Crippen LogP contribution in [0.3, 0.4) is 0 Å². The number of aromatic nitrogens is 5. The van der Waals surface area contributed by atoms with E-state index in [1.54, 1.807) is 6.20 Å². The van der Waals surface area contributed by atoms with Crippen LogP contribution in [0.25, 0.3) is 83.3 Å². The predicted molar refractivity (Wildman–Crippen MR) is 193 cm³/mol. The minimum atomic E-state index is 0.673. The van der Waals surface area contributed by atoms with E-state index in [9.17, 15) is 0 Å². The molecule has 0 saturated carbocycles. The smallest absolute Gasteiger partial charge is 0.235 e. The lowest BCUT2D eigenvalue weighted by molar-refractivity contribution is 1.02. The van der Waals surface area contributed by atoms with Crippen molar-refractivity contribution in [1.82, 2.24) is 23.5 Å². The third kappa shape index (κ3) is 3.83. The lowest BCUT2D eigenvalue weighted by Crippen LogP contribution is -2.01. The average Bonchev–Trinajstić information content (AvgIpc) is 3.79. The lowest BCUT2D eigenvalue weighted by atomic mass is 10.0. The molecule has 0 N–H and O–H groups in total. The molecule has 10 rings (SSSR count). The number of fused-ring (bicyclic) bond motifs is 7. The predicted octanol–water partition coefficient (Wildman–Crippen LogP) is 10.3. The molecule has 4 heterocycles. The van der Waals surface area contributed by atoms with Crippen molar-refractivity contribution in [3.63, 3.8) is 0 Å². The molecule has 0 fully saturated rings. The summed E-state index contributed by atoms with van der Waals surface area (Å²) in [6.45, 7) is 0. The Balaban J connectivity index is 1.21. The standard InChI is InChI=1S/C42H27N5/c1-3-12-28(13-4-1)40-41(45-25-11-24-43-42(45)44-40)47-37-19-10-8-17-33(37)35-27-30(21-23-39(35)47)29-20-22-38-34(26-29)32-16-7-9-18-36(32)46(38)31-14-5-2-6-15-31/h1-27H. The van der Waals surface area contributed by atoms with Crippen LogP contribution < -0.4 is 0 Å². The Morgan fingerprint density at radius 1 is 0.426 bits per heavy atom. The molecule has 0 atom stereocenters. The van der Waals surface area contributed by atoms with E-state index in [4.69, 9.17) is 4.98 Å². The number of benzene rings is 6. The summed E-state index contributed by atoms with van der Waals surface area (Å²) in [5, 5.41) is 4.89. The Morgan fingerprint density at radius 2 is 0.979 bits per heavy atom. The SMILES string of the molecule is c1ccc(-c2nc3ncccn3c2-n2c3ccccc3c3cc(-c4ccc5c(c4)c4ccccc4n5-c4ccccc4)ccc32)cc1. The first-order valence-corrected chi connectivity index (χ1v) is 15.8.